The Balaban J connectivity index is 2.12. The molecule has 1 aromatic rings. The van der Waals surface area contributed by atoms with Gasteiger partial charge in [-0.05, 0) is 32.0 Å². The Hall–Kier alpha value is -2.23. The number of nitrogen functional groups attached to an aromatic ring is 1. The van der Waals surface area contributed by atoms with E-state index < -0.39 is 0 Å². The van der Waals surface area contributed by atoms with Crippen LogP contribution in [0.2, 0.25) is 5.02 Å². The summed E-state index contributed by atoms with van der Waals surface area (Å²) in [6, 6.07) is 6.89. The fraction of sp³-hybridized carbons (Fsp3) is 0.375. The molecule has 0 saturated carbocycles. The van der Waals surface area contributed by atoms with Gasteiger partial charge in [-0.1, -0.05) is 11.6 Å². The monoisotopic (exact) mass is 334 g/mol. The normalized spacial score (nSPS) is 21.7. The van der Waals surface area contributed by atoms with Crippen molar-refractivity contribution in [3.05, 3.63) is 35.0 Å². The third-order valence-corrected chi connectivity index (χ3v) is 3.74. The molecule has 3 N–H and O–H groups in total. The number of nitrogens with one attached hydrogen (secondary N) is 1. The van der Waals surface area contributed by atoms with Crippen molar-refractivity contribution in [2.45, 2.75) is 26.1 Å². The van der Waals surface area contributed by atoms with Crippen molar-refractivity contribution in [2.24, 2.45) is 0 Å². The molecule has 122 valence electrons. The van der Waals surface area contributed by atoms with E-state index in [1.165, 1.54) is 6.20 Å². The van der Waals surface area contributed by atoms with Crippen LogP contribution in [0.1, 0.15) is 13.8 Å². The number of carbonyl (C=O) groups is 1. The Morgan fingerprint density at radius 2 is 2.13 bits per heavy atom. The lowest BCUT2D eigenvalue weighted by atomic mass is 10.2. The number of anilines is 2. The van der Waals surface area contributed by atoms with Gasteiger partial charge in [0.15, 0.2) is 0 Å². The molecule has 0 aliphatic carbocycles. The van der Waals surface area contributed by atoms with Crippen molar-refractivity contribution in [1.29, 1.82) is 5.26 Å². The lowest BCUT2D eigenvalue weighted by Crippen LogP contribution is -2.48. The van der Waals surface area contributed by atoms with Crippen LogP contribution in [-0.2, 0) is 9.53 Å². The molecule has 0 bridgehead atoms. The highest BCUT2D eigenvalue weighted by Crippen LogP contribution is 2.24. The van der Waals surface area contributed by atoms with Crippen LogP contribution < -0.4 is 11.1 Å². The maximum absolute atomic E-state index is 12.5. The number of benzene rings is 1. The number of morpholine rings is 1. The van der Waals surface area contributed by atoms with Gasteiger partial charge in [-0.3, -0.25) is 4.79 Å². The molecule has 2 rings (SSSR count). The first-order valence-electron chi connectivity index (χ1n) is 7.27. The third-order valence-electron chi connectivity index (χ3n) is 3.42. The molecular weight excluding hydrogens is 316 g/mol. The molecular formula is C16H19ClN4O2. The predicted octanol–water partition coefficient (Wildman–Crippen LogP) is 2.38. The molecule has 1 heterocycles. The van der Waals surface area contributed by atoms with Crippen LogP contribution in [0.4, 0.5) is 11.4 Å². The van der Waals surface area contributed by atoms with Gasteiger partial charge in [-0.2, -0.15) is 5.26 Å². The maximum atomic E-state index is 12.5. The number of rotatable bonds is 3. The number of hydrogen-bond donors (Lipinski definition) is 2. The molecule has 6 nitrogen and oxygen atoms in total. The van der Waals surface area contributed by atoms with Crippen molar-refractivity contribution in [3.63, 3.8) is 0 Å². The van der Waals surface area contributed by atoms with Gasteiger partial charge < -0.3 is 20.7 Å². The number of halogens is 1. The summed E-state index contributed by atoms with van der Waals surface area (Å²) < 4.78 is 5.59. The van der Waals surface area contributed by atoms with Crippen LogP contribution in [0.5, 0.6) is 0 Å². The van der Waals surface area contributed by atoms with Crippen molar-refractivity contribution < 1.29 is 9.53 Å². The van der Waals surface area contributed by atoms with E-state index in [-0.39, 0.29) is 23.7 Å². The van der Waals surface area contributed by atoms with Gasteiger partial charge in [-0.15, -0.1) is 0 Å². The van der Waals surface area contributed by atoms with E-state index in [2.05, 4.69) is 5.32 Å². The van der Waals surface area contributed by atoms with Crippen molar-refractivity contribution >= 4 is 28.9 Å². The number of carbonyl (C=O) groups excluding carboxylic acids is 1. The summed E-state index contributed by atoms with van der Waals surface area (Å²) >= 11 is 6.06. The average Bonchev–Trinajstić information content (AvgIpc) is 2.48. The molecule has 1 aromatic carbocycles. The number of ether oxygens (including phenoxy) is 1. The van der Waals surface area contributed by atoms with Gasteiger partial charge in [0.05, 0.1) is 22.9 Å². The number of amides is 1. The Labute approximate surface area is 140 Å². The van der Waals surface area contributed by atoms with Gasteiger partial charge in [0, 0.05) is 25.0 Å². The van der Waals surface area contributed by atoms with Crippen molar-refractivity contribution in [2.75, 3.05) is 24.1 Å². The van der Waals surface area contributed by atoms with Gasteiger partial charge in [-0.25, -0.2) is 0 Å². The SMILES string of the molecule is CC1CN(C(=O)/C(C#N)=C\Nc2ccc(N)cc2Cl)CC(C)O1. The third kappa shape index (κ3) is 4.38. The van der Waals surface area contributed by atoms with Crippen LogP contribution in [0.25, 0.3) is 0 Å². The highest BCUT2D eigenvalue weighted by atomic mass is 35.5. The number of hydrogen-bond acceptors (Lipinski definition) is 5. The summed E-state index contributed by atoms with van der Waals surface area (Å²) in [5.74, 6) is -0.325. The summed E-state index contributed by atoms with van der Waals surface area (Å²) in [7, 11) is 0. The highest BCUT2D eigenvalue weighted by molar-refractivity contribution is 6.33. The second kappa shape index (κ2) is 7.36. The van der Waals surface area contributed by atoms with Crippen LogP contribution >= 0.6 is 11.6 Å². The second-order valence-electron chi connectivity index (χ2n) is 5.52. The zero-order chi connectivity index (χ0) is 17.0. The first-order valence-corrected chi connectivity index (χ1v) is 7.65. The van der Waals surface area contributed by atoms with Gasteiger partial charge in [0.25, 0.3) is 5.91 Å². The van der Waals surface area contributed by atoms with E-state index in [0.717, 1.165) is 0 Å². The van der Waals surface area contributed by atoms with Crippen LogP contribution in [0, 0.1) is 11.3 Å². The minimum absolute atomic E-state index is 0.0131. The second-order valence-corrected chi connectivity index (χ2v) is 5.93. The minimum Gasteiger partial charge on any atom is -0.399 e. The topological polar surface area (TPSA) is 91.4 Å². The molecule has 1 fully saturated rings. The Morgan fingerprint density at radius 3 is 2.70 bits per heavy atom. The summed E-state index contributed by atoms with van der Waals surface area (Å²) in [6.45, 7) is 4.73. The lowest BCUT2D eigenvalue weighted by Gasteiger charge is -2.35. The van der Waals surface area contributed by atoms with E-state index in [0.29, 0.717) is 29.5 Å². The molecule has 7 heteroatoms. The molecule has 23 heavy (non-hydrogen) atoms. The zero-order valence-corrected chi connectivity index (χ0v) is 13.8. The lowest BCUT2D eigenvalue weighted by molar-refractivity contribution is -0.138. The quantitative estimate of drug-likeness (QED) is 0.503. The fourth-order valence-electron chi connectivity index (χ4n) is 2.45. The van der Waals surface area contributed by atoms with Gasteiger partial charge in [0.2, 0.25) is 0 Å². The van der Waals surface area contributed by atoms with Crippen LogP contribution in [0.15, 0.2) is 30.0 Å². The average molecular weight is 335 g/mol. The van der Waals surface area contributed by atoms with E-state index in [4.69, 9.17) is 22.1 Å². The summed E-state index contributed by atoms with van der Waals surface area (Å²) in [4.78, 5) is 14.1. The Kier molecular flexibility index (Phi) is 5.48. The molecule has 1 aliphatic rings. The molecule has 1 aliphatic heterocycles. The molecule has 0 aromatic heterocycles. The molecule has 2 atom stereocenters. The molecule has 1 saturated heterocycles. The van der Waals surface area contributed by atoms with Crippen LogP contribution in [0.3, 0.4) is 0 Å². The smallest absolute Gasteiger partial charge is 0.266 e. The first-order chi connectivity index (χ1) is 10.9. The molecule has 0 radical (unpaired) electrons. The van der Waals surface area contributed by atoms with Gasteiger partial charge >= 0.3 is 0 Å². The number of nitrogens with zero attached hydrogens (tertiary/aromatic N) is 2. The standard InChI is InChI=1S/C16H19ClN4O2/c1-10-8-21(9-11(2)23-10)16(22)12(6-18)7-20-15-4-3-13(19)5-14(15)17/h3-5,7,10-11,20H,8-9,19H2,1-2H3/b12-7-. The molecule has 0 spiro atoms. The van der Waals surface area contributed by atoms with Crippen LogP contribution in [-0.4, -0.2) is 36.1 Å². The fourth-order valence-corrected chi connectivity index (χ4v) is 2.70. The minimum atomic E-state index is -0.325. The number of nitriles is 1. The zero-order valence-electron chi connectivity index (χ0n) is 13.0. The molecule has 1 amide bonds. The van der Waals surface area contributed by atoms with Gasteiger partial charge in [0.1, 0.15) is 11.6 Å². The highest BCUT2D eigenvalue weighted by Gasteiger charge is 2.27. The largest absolute Gasteiger partial charge is 0.399 e. The molecule has 2 unspecified atom stereocenters. The van der Waals surface area contributed by atoms with E-state index in [1.807, 2.05) is 19.9 Å². The van der Waals surface area contributed by atoms with Crippen molar-refractivity contribution in [3.8, 4) is 6.07 Å². The first kappa shape index (κ1) is 17.1. The van der Waals surface area contributed by atoms with E-state index >= 15 is 0 Å². The summed E-state index contributed by atoms with van der Waals surface area (Å²) in [5, 5.41) is 12.6. The summed E-state index contributed by atoms with van der Waals surface area (Å²) in [5.41, 5.74) is 6.76. The van der Waals surface area contributed by atoms with E-state index in [1.54, 1.807) is 23.1 Å². The Morgan fingerprint density at radius 1 is 1.48 bits per heavy atom. The van der Waals surface area contributed by atoms with Crippen molar-refractivity contribution in [1.82, 2.24) is 4.90 Å². The Bertz CT molecular complexity index is 659. The number of nitrogens with two attached hydrogens (primary N) is 1. The maximum Gasteiger partial charge on any atom is 0.266 e. The van der Waals surface area contributed by atoms with E-state index in [9.17, 15) is 10.1 Å². The summed E-state index contributed by atoms with van der Waals surface area (Å²) in [6.07, 6.45) is 1.26. The predicted molar refractivity (Wildman–Crippen MR) is 89.8 cm³/mol.